The van der Waals surface area contributed by atoms with Crippen molar-refractivity contribution in [2.45, 2.75) is 46.1 Å². The molecule has 1 unspecified atom stereocenters. The molecule has 0 bridgehead atoms. The van der Waals surface area contributed by atoms with E-state index in [4.69, 9.17) is 19.2 Å². The van der Waals surface area contributed by atoms with Crippen molar-refractivity contribution < 1.29 is 23.8 Å². The highest BCUT2D eigenvalue weighted by molar-refractivity contribution is 6.09. The van der Waals surface area contributed by atoms with E-state index in [2.05, 4.69) is 13.8 Å². The van der Waals surface area contributed by atoms with Crippen LogP contribution in [0.5, 0.6) is 11.5 Å². The Bertz CT molecular complexity index is 1410. The van der Waals surface area contributed by atoms with Gasteiger partial charge in [-0.3, -0.25) is 14.6 Å². The van der Waals surface area contributed by atoms with Crippen LogP contribution in [-0.4, -0.2) is 30.7 Å². The molecule has 3 aromatic carbocycles. The second-order valence-corrected chi connectivity index (χ2v) is 11.2. The van der Waals surface area contributed by atoms with Crippen molar-refractivity contribution in [3.63, 3.8) is 0 Å². The molecule has 6 heteroatoms. The van der Waals surface area contributed by atoms with E-state index in [0.717, 1.165) is 22.6 Å². The fraction of sp³-hybridized carbons (Fsp3) is 0.324. The molecule has 0 spiro atoms. The van der Waals surface area contributed by atoms with E-state index >= 15 is 0 Å². The Hall–Kier alpha value is -4.19. The topological polar surface area (TPSA) is 74.2 Å². The summed E-state index contributed by atoms with van der Waals surface area (Å²) in [6, 6.07) is 27.1. The molecule has 6 nitrogen and oxygen atoms in total. The normalized spacial score (nSPS) is 19.9. The molecule has 206 valence electrons. The lowest BCUT2D eigenvalue weighted by atomic mass is 9.67. The number of ether oxygens (including phenoxy) is 3. The first kappa shape index (κ1) is 27.4. The minimum absolute atomic E-state index is 0.0436. The van der Waals surface area contributed by atoms with Gasteiger partial charge in [-0.05, 0) is 54.2 Å². The van der Waals surface area contributed by atoms with Crippen molar-refractivity contribution in [3.8, 4) is 11.5 Å². The van der Waals surface area contributed by atoms with Crippen LogP contribution in [0.2, 0.25) is 0 Å². The van der Waals surface area contributed by atoms with E-state index in [1.165, 1.54) is 0 Å². The molecule has 1 aliphatic heterocycles. The van der Waals surface area contributed by atoms with Crippen molar-refractivity contribution in [2.75, 3.05) is 13.2 Å². The minimum atomic E-state index is -0.697. The number of para-hydroxylation sites is 1. The Morgan fingerprint density at radius 3 is 2.20 bits per heavy atom. The zero-order chi connectivity index (χ0) is 28.1. The van der Waals surface area contributed by atoms with Gasteiger partial charge in [0.1, 0.15) is 37.2 Å². The number of carbonyl (C=O) groups is 2. The van der Waals surface area contributed by atoms with Crippen LogP contribution >= 0.6 is 0 Å². The number of aliphatic imine (C=N–C) groups is 1. The van der Waals surface area contributed by atoms with Crippen molar-refractivity contribution in [1.29, 1.82) is 0 Å². The van der Waals surface area contributed by atoms with Crippen LogP contribution < -0.4 is 9.47 Å². The Kier molecular flexibility index (Phi) is 8.15. The lowest BCUT2D eigenvalue weighted by Gasteiger charge is -2.39. The van der Waals surface area contributed by atoms with E-state index in [1.807, 2.05) is 91.9 Å². The van der Waals surface area contributed by atoms with Crippen LogP contribution in [0.4, 0.5) is 0 Å². The summed E-state index contributed by atoms with van der Waals surface area (Å²) in [6.07, 6.45) is 1.11. The number of rotatable bonds is 9. The standard InChI is InChI=1S/C34H35NO5/c1-23-30(33(37)39-19-18-38-26-12-8-5-9-13-26)31(32-28(35-23)20-34(2,3)21-29(32)36)25-14-16-27(17-15-25)40-22-24-10-6-4-7-11-24/h4-17,30-31H,18-22H2,1-3H3/t30?,31-/m0/s1. The predicted molar refractivity (Wildman–Crippen MR) is 154 cm³/mol. The van der Waals surface area contributed by atoms with Crippen molar-refractivity contribution in [1.82, 2.24) is 0 Å². The first-order valence-electron chi connectivity index (χ1n) is 13.7. The SMILES string of the molecule is CC1=NC2=C(C(=O)CC(C)(C)C2)[C@@H](c2ccc(OCc3ccccc3)cc2)C1C(=O)OCCOc1ccccc1. The molecule has 0 saturated carbocycles. The number of ketones is 1. The fourth-order valence-electron chi connectivity index (χ4n) is 5.53. The zero-order valence-corrected chi connectivity index (χ0v) is 23.3. The third-order valence-corrected chi connectivity index (χ3v) is 7.38. The minimum Gasteiger partial charge on any atom is -0.490 e. The molecule has 0 aromatic heterocycles. The lowest BCUT2D eigenvalue weighted by Crippen LogP contribution is -2.39. The molecule has 5 rings (SSSR count). The molecule has 0 N–H and O–H groups in total. The highest BCUT2D eigenvalue weighted by atomic mass is 16.6. The molecule has 0 amide bonds. The number of Topliss-reactive ketones (excluding diaryl/α,β-unsaturated/α-hetero) is 1. The van der Waals surface area contributed by atoms with Crippen LogP contribution in [-0.2, 0) is 20.9 Å². The summed E-state index contributed by atoms with van der Waals surface area (Å²) < 4.78 is 17.4. The van der Waals surface area contributed by atoms with Crippen molar-refractivity contribution in [3.05, 3.63) is 107 Å². The predicted octanol–water partition coefficient (Wildman–Crippen LogP) is 6.71. The monoisotopic (exact) mass is 537 g/mol. The molecule has 2 aliphatic rings. The molecule has 40 heavy (non-hydrogen) atoms. The van der Waals surface area contributed by atoms with Crippen LogP contribution in [0.3, 0.4) is 0 Å². The third-order valence-electron chi connectivity index (χ3n) is 7.38. The quantitative estimate of drug-likeness (QED) is 0.224. The van der Waals surface area contributed by atoms with E-state index < -0.39 is 17.8 Å². The third kappa shape index (κ3) is 6.33. The Morgan fingerprint density at radius 2 is 1.50 bits per heavy atom. The summed E-state index contributed by atoms with van der Waals surface area (Å²) in [6.45, 7) is 6.81. The maximum Gasteiger partial charge on any atom is 0.315 e. The van der Waals surface area contributed by atoms with E-state index in [9.17, 15) is 9.59 Å². The number of hydrogen-bond acceptors (Lipinski definition) is 6. The molecule has 0 fully saturated rings. The van der Waals surface area contributed by atoms with Gasteiger partial charge in [-0.25, -0.2) is 0 Å². The van der Waals surface area contributed by atoms with Gasteiger partial charge in [0.2, 0.25) is 0 Å². The molecular formula is C34H35NO5. The first-order chi connectivity index (χ1) is 19.3. The van der Waals surface area contributed by atoms with Crippen LogP contribution in [0, 0.1) is 11.3 Å². The van der Waals surface area contributed by atoms with Gasteiger partial charge in [0.25, 0.3) is 0 Å². The Balaban J connectivity index is 1.36. The lowest BCUT2D eigenvalue weighted by molar-refractivity contribution is -0.147. The summed E-state index contributed by atoms with van der Waals surface area (Å²) >= 11 is 0. The maximum absolute atomic E-state index is 13.5. The summed E-state index contributed by atoms with van der Waals surface area (Å²) in [5.74, 6) is -0.0972. The first-order valence-corrected chi connectivity index (χ1v) is 13.7. The highest BCUT2D eigenvalue weighted by Crippen LogP contribution is 2.48. The summed E-state index contributed by atoms with van der Waals surface area (Å²) in [5.41, 5.74) is 3.84. The number of esters is 1. The molecule has 3 aromatic rings. The number of hydrogen-bond donors (Lipinski definition) is 0. The summed E-state index contributed by atoms with van der Waals surface area (Å²) in [5, 5.41) is 0. The molecular weight excluding hydrogens is 502 g/mol. The second-order valence-electron chi connectivity index (χ2n) is 11.2. The van der Waals surface area contributed by atoms with Gasteiger partial charge in [-0.15, -0.1) is 0 Å². The average molecular weight is 538 g/mol. The maximum atomic E-state index is 13.5. The average Bonchev–Trinajstić information content (AvgIpc) is 2.94. The van der Waals surface area contributed by atoms with Gasteiger partial charge in [-0.1, -0.05) is 74.5 Å². The fourth-order valence-corrected chi connectivity index (χ4v) is 5.53. The molecule has 0 saturated heterocycles. The number of allylic oxidation sites excluding steroid dienone is 2. The van der Waals surface area contributed by atoms with Gasteiger partial charge in [0.15, 0.2) is 5.78 Å². The highest BCUT2D eigenvalue weighted by Gasteiger charge is 2.46. The number of nitrogens with zero attached hydrogens (tertiary/aromatic N) is 1. The van der Waals surface area contributed by atoms with E-state index in [0.29, 0.717) is 36.5 Å². The summed E-state index contributed by atoms with van der Waals surface area (Å²) in [4.78, 5) is 31.8. The van der Waals surface area contributed by atoms with Gasteiger partial charge >= 0.3 is 5.97 Å². The van der Waals surface area contributed by atoms with E-state index in [1.54, 1.807) is 0 Å². The smallest absolute Gasteiger partial charge is 0.315 e. The van der Waals surface area contributed by atoms with Crippen LogP contribution in [0.15, 0.2) is 101 Å². The van der Waals surface area contributed by atoms with Gasteiger partial charge in [-0.2, -0.15) is 0 Å². The Morgan fingerprint density at radius 1 is 0.850 bits per heavy atom. The van der Waals surface area contributed by atoms with Crippen molar-refractivity contribution in [2.24, 2.45) is 16.3 Å². The van der Waals surface area contributed by atoms with E-state index in [-0.39, 0.29) is 24.4 Å². The summed E-state index contributed by atoms with van der Waals surface area (Å²) in [7, 11) is 0. The zero-order valence-electron chi connectivity index (χ0n) is 23.3. The molecule has 0 radical (unpaired) electrons. The van der Waals surface area contributed by atoms with Crippen LogP contribution in [0.1, 0.15) is 50.7 Å². The van der Waals surface area contributed by atoms with Gasteiger partial charge in [0, 0.05) is 29.3 Å². The molecule has 2 atom stereocenters. The number of benzene rings is 3. The largest absolute Gasteiger partial charge is 0.490 e. The van der Waals surface area contributed by atoms with Crippen molar-refractivity contribution >= 4 is 17.5 Å². The van der Waals surface area contributed by atoms with Gasteiger partial charge in [0.05, 0.1) is 0 Å². The van der Waals surface area contributed by atoms with Crippen LogP contribution in [0.25, 0.3) is 0 Å². The second kappa shape index (κ2) is 11.9. The molecule has 1 aliphatic carbocycles. The number of carbonyl (C=O) groups excluding carboxylic acids is 2. The van der Waals surface area contributed by atoms with Gasteiger partial charge < -0.3 is 14.2 Å². The molecule has 1 heterocycles. The Labute approximate surface area is 235 Å².